The fourth-order valence-electron chi connectivity index (χ4n) is 0.986. The van der Waals surface area contributed by atoms with E-state index in [0.29, 0.717) is 17.1 Å². The first-order valence-corrected chi connectivity index (χ1v) is 3.25. The summed E-state index contributed by atoms with van der Waals surface area (Å²) in [7, 11) is 0. The minimum absolute atomic E-state index is 0. The Bertz CT molecular complexity index is 298. The van der Waals surface area contributed by atoms with Gasteiger partial charge in [-0.1, -0.05) is 0 Å². The van der Waals surface area contributed by atoms with Crippen LogP contribution in [-0.4, -0.2) is 13.1 Å². The van der Waals surface area contributed by atoms with Crippen molar-refractivity contribution in [2.75, 3.05) is 6.79 Å². The van der Waals surface area contributed by atoms with E-state index in [1.165, 1.54) is 0 Å². The lowest BCUT2D eigenvalue weighted by molar-refractivity contribution is 0.112. The molecule has 3 nitrogen and oxygen atoms in total. The number of fused-ring (bicyclic) bond motifs is 1. The second kappa shape index (κ2) is 3.21. The predicted molar refractivity (Wildman–Crippen MR) is 40.5 cm³/mol. The van der Waals surface area contributed by atoms with Gasteiger partial charge in [0.05, 0.1) is 0 Å². The van der Waals surface area contributed by atoms with E-state index >= 15 is 0 Å². The van der Waals surface area contributed by atoms with Crippen LogP contribution in [0.4, 0.5) is 4.70 Å². The van der Waals surface area contributed by atoms with Gasteiger partial charge in [0, 0.05) is 5.56 Å². The highest BCUT2D eigenvalue weighted by Crippen LogP contribution is 2.31. The second-order valence-corrected chi connectivity index (χ2v) is 2.23. The summed E-state index contributed by atoms with van der Waals surface area (Å²) in [5.41, 5.74) is 0.606. The summed E-state index contributed by atoms with van der Waals surface area (Å²) in [6, 6.07) is 5.09. The number of benzene rings is 1. The summed E-state index contributed by atoms with van der Waals surface area (Å²) in [5.74, 6) is 1.35. The van der Waals surface area contributed by atoms with Crippen molar-refractivity contribution in [2.45, 2.75) is 0 Å². The molecule has 0 unspecified atom stereocenters. The van der Waals surface area contributed by atoms with E-state index in [1.807, 2.05) is 0 Å². The van der Waals surface area contributed by atoms with Crippen molar-refractivity contribution < 1.29 is 19.0 Å². The Labute approximate surface area is 68.3 Å². The fraction of sp³-hybridized carbons (Fsp3) is 0.125. The van der Waals surface area contributed by atoms with Gasteiger partial charge in [-0.15, -0.1) is 0 Å². The van der Waals surface area contributed by atoms with Crippen molar-refractivity contribution in [3.63, 3.8) is 0 Å². The topological polar surface area (TPSA) is 35.5 Å². The van der Waals surface area contributed by atoms with Crippen LogP contribution in [0, 0.1) is 0 Å². The van der Waals surface area contributed by atoms with E-state index in [2.05, 4.69) is 0 Å². The minimum atomic E-state index is 0. The normalized spacial score (nSPS) is 12.0. The SMILES string of the molecule is F.O=Cc1ccc2c(c1)OCO2. The molecule has 0 bridgehead atoms. The fourth-order valence-corrected chi connectivity index (χ4v) is 0.986. The van der Waals surface area contributed by atoms with Crippen LogP contribution >= 0.6 is 0 Å². The summed E-state index contributed by atoms with van der Waals surface area (Å²) in [6.45, 7) is 0.248. The maximum Gasteiger partial charge on any atom is 0.231 e. The van der Waals surface area contributed by atoms with Gasteiger partial charge in [0.15, 0.2) is 11.5 Å². The van der Waals surface area contributed by atoms with E-state index in [9.17, 15) is 4.79 Å². The minimum Gasteiger partial charge on any atom is -0.454 e. The van der Waals surface area contributed by atoms with Crippen LogP contribution < -0.4 is 9.47 Å². The number of ether oxygens (including phenoxy) is 2. The number of hydrogen-bond acceptors (Lipinski definition) is 3. The molecule has 0 radical (unpaired) electrons. The van der Waals surface area contributed by atoms with Gasteiger partial charge in [0.2, 0.25) is 6.79 Å². The first-order valence-electron chi connectivity index (χ1n) is 3.25. The zero-order valence-electron chi connectivity index (χ0n) is 6.15. The number of halogens is 1. The van der Waals surface area contributed by atoms with Crippen molar-refractivity contribution in [1.29, 1.82) is 0 Å². The molecular weight excluding hydrogens is 163 g/mol. The van der Waals surface area contributed by atoms with Crippen LogP contribution in [-0.2, 0) is 0 Å². The van der Waals surface area contributed by atoms with Crippen LogP contribution in [0.3, 0.4) is 0 Å². The summed E-state index contributed by atoms with van der Waals surface area (Å²) < 4.78 is 10.1. The molecule has 1 aromatic rings. The largest absolute Gasteiger partial charge is 0.454 e. The zero-order chi connectivity index (χ0) is 7.68. The van der Waals surface area contributed by atoms with Crippen LogP contribution in [0.2, 0.25) is 0 Å². The Morgan fingerprint density at radius 3 is 2.75 bits per heavy atom. The molecule has 0 saturated carbocycles. The zero-order valence-corrected chi connectivity index (χ0v) is 6.15. The molecule has 12 heavy (non-hydrogen) atoms. The predicted octanol–water partition coefficient (Wildman–Crippen LogP) is 1.38. The molecule has 0 amide bonds. The third-order valence-corrected chi connectivity index (χ3v) is 1.53. The number of hydrogen-bond donors (Lipinski definition) is 0. The van der Waals surface area contributed by atoms with Crippen molar-refractivity contribution >= 4 is 6.29 Å². The number of carbonyl (C=O) groups is 1. The van der Waals surface area contributed by atoms with Gasteiger partial charge in [-0.05, 0) is 18.2 Å². The highest BCUT2D eigenvalue weighted by molar-refractivity contribution is 5.76. The summed E-state index contributed by atoms with van der Waals surface area (Å²) in [4.78, 5) is 10.3. The summed E-state index contributed by atoms with van der Waals surface area (Å²) >= 11 is 0. The van der Waals surface area contributed by atoms with E-state index in [-0.39, 0.29) is 11.5 Å². The van der Waals surface area contributed by atoms with Crippen LogP contribution in [0.5, 0.6) is 11.5 Å². The van der Waals surface area contributed by atoms with Gasteiger partial charge in [-0.25, -0.2) is 0 Å². The van der Waals surface area contributed by atoms with E-state index in [4.69, 9.17) is 9.47 Å². The highest BCUT2D eigenvalue weighted by atomic mass is 19.0. The molecular formula is C8H7FO3. The van der Waals surface area contributed by atoms with E-state index in [0.717, 1.165) is 6.29 Å². The Morgan fingerprint density at radius 1 is 1.25 bits per heavy atom. The van der Waals surface area contributed by atoms with Gasteiger partial charge in [-0.2, -0.15) is 0 Å². The van der Waals surface area contributed by atoms with Crippen LogP contribution in [0.1, 0.15) is 10.4 Å². The molecule has 1 aliphatic heterocycles. The van der Waals surface area contributed by atoms with Crippen LogP contribution in [0.25, 0.3) is 0 Å². The lowest BCUT2D eigenvalue weighted by Crippen LogP contribution is -1.92. The first-order chi connectivity index (χ1) is 5.40. The molecule has 1 heterocycles. The van der Waals surface area contributed by atoms with Crippen molar-refractivity contribution in [1.82, 2.24) is 0 Å². The number of rotatable bonds is 1. The van der Waals surface area contributed by atoms with Crippen molar-refractivity contribution in [3.8, 4) is 11.5 Å². The van der Waals surface area contributed by atoms with Gasteiger partial charge in [0.25, 0.3) is 0 Å². The molecule has 0 saturated heterocycles. The van der Waals surface area contributed by atoms with Crippen molar-refractivity contribution in [2.24, 2.45) is 0 Å². The molecule has 0 atom stereocenters. The monoisotopic (exact) mass is 170 g/mol. The number of aldehydes is 1. The van der Waals surface area contributed by atoms with Crippen molar-refractivity contribution in [3.05, 3.63) is 23.8 Å². The van der Waals surface area contributed by atoms with E-state index < -0.39 is 0 Å². The standard InChI is InChI=1S/C8H6O3.FH/c9-4-6-1-2-7-8(3-6)11-5-10-7;/h1-4H,5H2;1H. The van der Waals surface area contributed by atoms with Gasteiger partial charge in [-0.3, -0.25) is 9.50 Å². The third kappa shape index (κ3) is 1.23. The summed E-state index contributed by atoms with van der Waals surface area (Å²) in [6.07, 6.45) is 0.780. The highest BCUT2D eigenvalue weighted by Gasteiger charge is 2.12. The Morgan fingerprint density at radius 2 is 2.00 bits per heavy atom. The third-order valence-electron chi connectivity index (χ3n) is 1.53. The maximum atomic E-state index is 10.3. The molecule has 1 aromatic carbocycles. The van der Waals surface area contributed by atoms with Crippen LogP contribution in [0.15, 0.2) is 18.2 Å². The Hall–Kier alpha value is -1.58. The summed E-state index contributed by atoms with van der Waals surface area (Å²) in [5, 5.41) is 0. The number of carbonyl (C=O) groups excluding carboxylic acids is 1. The average Bonchev–Trinajstić information content (AvgIpc) is 2.50. The van der Waals surface area contributed by atoms with E-state index in [1.54, 1.807) is 18.2 Å². The lowest BCUT2D eigenvalue weighted by atomic mass is 10.2. The molecule has 0 aromatic heterocycles. The average molecular weight is 170 g/mol. The lowest BCUT2D eigenvalue weighted by Gasteiger charge is -1.94. The molecule has 4 heteroatoms. The molecule has 2 rings (SSSR count). The maximum absolute atomic E-state index is 10.3. The first kappa shape index (κ1) is 8.52. The Balaban J connectivity index is 0.000000720. The smallest absolute Gasteiger partial charge is 0.231 e. The molecule has 1 aliphatic rings. The molecule has 0 fully saturated rings. The molecule has 0 aliphatic carbocycles. The Kier molecular flexibility index (Phi) is 2.28. The van der Waals surface area contributed by atoms with Gasteiger partial charge >= 0.3 is 0 Å². The molecule has 0 N–H and O–H groups in total. The van der Waals surface area contributed by atoms with Gasteiger partial charge in [0.1, 0.15) is 6.29 Å². The molecule has 64 valence electrons. The van der Waals surface area contributed by atoms with Gasteiger partial charge < -0.3 is 9.47 Å². The second-order valence-electron chi connectivity index (χ2n) is 2.23. The molecule has 0 spiro atoms. The quantitative estimate of drug-likeness (QED) is 0.597.